The van der Waals surface area contributed by atoms with Crippen LogP contribution in [0.2, 0.25) is 0 Å². The highest BCUT2D eigenvalue weighted by Crippen LogP contribution is 2.38. The molecule has 1 aliphatic rings. The van der Waals surface area contributed by atoms with Gasteiger partial charge in [0.15, 0.2) is 23.0 Å². The minimum absolute atomic E-state index is 0.293. The minimum atomic E-state index is -0.318. The fourth-order valence-electron chi connectivity index (χ4n) is 4.86. The van der Waals surface area contributed by atoms with E-state index in [4.69, 9.17) is 23.7 Å². The van der Waals surface area contributed by atoms with Crippen LogP contribution in [0.4, 0.5) is 0 Å². The van der Waals surface area contributed by atoms with Gasteiger partial charge in [0, 0.05) is 12.7 Å². The van der Waals surface area contributed by atoms with E-state index in [-0.39, 0.29) is 6.10 Å². The molecule has 0 N–H and O–H groups in total. The van der Waals surface area contributed by atoms with Gasteiger partial charge in [0.25, 0.3) is 0 Å². The van der Waals surface area contributed by atoms with Gasteiger partial charge in [-0.1, -0.05) is 42.5 Å². The Hall–Kier alpha value is -3.64. The lowest BCUT2D eigenvalue weighted by molar-refractivity contribution is 0.0476. The van der Waals surface area contributed by atoms with Gasteiger partial charge < -0.3 is 28.6 Å². The molecule has 196 valence electrons. The predicted molar refractivity (Wildman–Crippen MR) is 147 cm³/mol. The standard InChI is InChI=1S/C31H37NO5/c1-22(23-10-7-6-8-11-23)20-32-17-9-12-26(32)21-37-31(24-13-15-27(33-2)29(18-24)35-4)25-14-16-28(34-3)30(19-25)36-5/h6-8,10-11,13-16,18-20,26,31H,9,12,17,21H2,1-5H3/t26-/m0/s1. The van der Waals surface area contributed by atoms with Gasteiger partial charge in [-0.15, -0.1) is 0 Å². The van der Waals surface area contributed by atoms with Crippen LogP contribution in [0.3, 0.4) is 0 Å². The van der Waals surface area contributed by atoms with Crippen LogP contribution < -0.4 is 18.9 Å². The molecule has 0 amide bonds. The quantitative estimate of drug-likeness (QED) is 0.304. The van der Waals surface area contributed by atoms with Crippen LogP contribution in [-0.2, 0) is 4.74 Å². The maximum Gasteiger partial charge on any atom is 0.161 e. The number of nitrogens with zero attached hydrogens (tertiary/aromatic N) is 1. The predicted octanol–water partition coefficient (Wildman–Crippen LogP) is 6.35. The molecule has 0 unspecified atom stereocenters. The molecule has 0 bridgehead atoms. The van der Waals surface area contributed by atoms with Crippen molar-refractivity contribution in [3.8, 4) is 23.0 Å². The fraction of sp³-hybridized carbons (Fsp3) is 0.355. The molecule has 6 heteroatoms. The molecule has 0 radical (unpaired) electrons. The van der Waals surface area contributed by atoms with Gasteiger partial charge in [0.05, 0.1) is 41.1 Å². The first kappa shape index (κ1) is 26.4. The lowest BCUT2D eigenvalue weighted by atomic mass is 10.00. The van der Waals surface area contributed by atoms with Gasteiger partial charge in [0.2, 0.25) is 0 Å². The van der Waals surface area contributed by atoms with Crippen LogP contribution in [0, 0.1) is 0 Å². The number of likely N-dealkylation sites (tertiary alicyclic amines) is 1. The first-order valence-corrected chi connectivity index (χ1v) is 12.6. The van der Waals surface area contributed by atoms with E-state index >= 15 is 0 Å². The monoisotopic (exact) mass is 503 g/mol. The molecule has 4 rings (SSSR count). The zero-order valence-electron chi connectivity index (χ0n) is 22.4. The van der Waals surface area contributed by atoms with Crippen molar-refractivity contribution in [1.29, 1.82) is 0 Å². The molecule has 0 spiro atoms. The average Bonchev–Trinajstić information content (AvgIpc) is 3.39. The largest absolute Gasteiger partial charge is 0.493 e. The number of benzene rings is 3. The Morgan fingerprint density at radius 2 is 1.38 bits per heavy atom. The maximum atomic E-state index is 6.70. The van der Waals surface area contributed by atoms with Gasteiger partial charge in [-0.2, -0.15) is 0 Å². The van der Waals surface area contributed by atoms with Crippen LogP contribution in [0.1, 0.15) is 42.6 Å². The maximum absolute atomic E-state index is 6.70. The first-order valence-electron chi connectivity index (χ1n) is 12.6. The Bertz CT molecular complexity index is 1140. The molecule has 1 aliphatic heterocycles. The number of methoxy groups -OCH3 is 4. The summed E-state index contributed by atoms with van der Waals surface area (Å²) < 4.78 is 28.8. The molecule has 3 aromatic carbocycles. The summed E-state index contributed by atoms with van der Waals surface area (Å²) in [7, 11) is 6.57. The van der Waals surface area contributed by atoms with E-state index in [1.165, 1.54) is 11.1 Å². The van der Waals surface area contributed by atoms with E-state index in [2.05, 4.69) is 42.3 Å². The van der Waals surface area contributed by atoms with Crippen molar-refractivity contribution in [3.63, 3.8) is 0 Å². The molecule has 1 atom stereocenters. The summed E-state index contributed by atoms with van der Waals surface area (Å²) in [5.74, 6) is 2.69. The molecular formula is C31H37NO5. The smallest absolute Gasteiger partial charge is 0.161 e. The van der Waals surface area contributed by atoms with Gasteiger partial charge in [-0.3, -0.25) is 0 Å². The summed E-state index contributed by atoms with van der Waals surface area (Å²) in [6.07, 6.45) is 4.19. The number of allylic oxidation sites excluding steroid dienone is 1. The Morgan fingerprint density at radius 3 is 1.92 bits per heavy atom. The molecule has 0 saturated carbocycles. The Labute approximate surface area is 220 Å². The van der Waals surface area contributed by atoms with Crippen molar-refractivity contribution >= 4 is 5.57 Å². The van der Waals surface area contributed by atoms with E-state index in [1.54, 1.807) is 28.4 Å². The summed E-state index contributed by atoms with van der Waals surface area (Å²) in [6.45, 7) is 3.78. The molecule has 0 aromatic heterocycles. The molecule has 1 fully saturated rings. The normalized spacial score (nSPS) is 15.7. The third-order valence-corrected chi connectivity index (χ3v) is 6.89. The number of hydrogen-bond acceptors (Lipinski definition) is 6. The summed E-state index contributed by atoms with van der Waals surface area (Å²) in [5, 5.41) is 0. The van der Waals surface area contributed by atoms with Crippen LogP contribution in [0.15, 0.2) is 72.9 Å². The third kappa shape index (κ3) is 6.20. The average molecular weight is 504 g/mol. The third-order valence-electron chi connectivity index (χ3n) is 6.89. The highest BCUT2D eigenvalue weighted by Gasteiger charge is 2.26. The van der Waals surface area contributed by atoms with Crippen LogP contribution in [0.25, 0.3) is 5.57 Å². The molecule has 1 saturated heterocycles. The summed E-state index contributed by atoms with van der Waals surface area (Å²) in [6, 6.07) is 22.6. The van der Waals surface area contributed by atoms with Crippen molar-refractivity contribution < 1.29 is 23.7 Å². The molecule has 37 heavy (non-hydrogen) atoms. The molecule has 6 nitrogen and oxygen atoms in total. The zero-order valence-corrected chi connectivity index (χ0v) is 22.4. The highest BCUT2D eigenvalue weighted by atomic mass is 16.5. The molecular weight excluding hydrogens is 466 g/mol. The first-order chi connectivity index (χ1) is 18.1. The van der Waals surface area contributed by atoms with Gasteiger partial charge in [-0.25, -0.2) is 0 Å². The van der Waals surface area contributed by atoms with E-state index in [0.717, 1.165) is 30.5 Å². The van der Waals surface area contributed by atoms with Crippen molar-refractivity contribution in [2.24, 2.45) is 0 Å². The Morgan fingerprint density at radius 1 is 0.811 bits per heavy atom. The molecule has 0 aliphatic carbocycles. The fourth-order valence-corrected chi connectivity index (χ4v) is 4.86. The van der Waals surface area contributed by atoms with Gasteiger partial charge in [-0.05, 0) is 66.3 Å². The lowest BCUT2D eigenvalue weighted by Gasteiger charge is -2.27. The van der Waals surface area contributed by atoms with Gasteiger partial charge >= 0.3 is 0 Å². The topological polar surface area (TPSA) is 49.4 Å². The van der Waals surface area contributed by atoms with E-state index in [9.17, 15) is 0 Å². The summed E-state index contributed by atoms with van der Waals surface area (Å²) in [4.78, 5) is 2.42. The second-order valence-electron chi connectivity index (χ2n) is 9.15. The number of rotatable bonds is 11. The van der Waals surface area contributed by atoms with Crippen LogP contribution in [0.5, 0.6) is 23.0 Å². The van der Waals surface area contributed by atoms with Crippen molar-refractivity contribution in [2.45, 2.75) is 31.9 Å². The van der Waals surface area contributed by atoms with Crippen molar-refractivity contribution in [1.82, 2.24) is 4.90 Å². The zero-order chi connectivity index (χ0) is 26.2. The highest BCUT2D eigenvalue weighted by molar-refractivity contribution is 5.63. The van der Waals surface area contributed by atoms with Crippen LogP contribution in [-0.4, -0.2) is 52.5 Å². The van der Waals surface area contributed by atoms with Crippen LogP contribution >= 0.6 is 0 Å². The summed E-state index contributed by atoms with van der Waals surface area (Å²) >= 11 is 0. The van der Waals surface area contributed by atoms with Crippen molar-refractivity contribution in [3.05, 3.63) is 89.6 Å². The molecule has 3 aromatic rings. The minimum Gasteiger partial charge on any atom is -0.493 e. The Kier molecular flexibility index (Phi) is 8.96. The van der Waals surface area contributed by atoms with Gasteiger partial charge in [0.1, 0.15) is 6.10 Å². The summed E-state index contributed by atoms with van der Waals surface area (Å²) in [5.41, 5.74) is 4.45. The SMILES string of the molecule is COc1ccc(C(OC[C@@H]2CCCN2C=C(C)c2ccccc2)c2ccc(OC)c(OC)c2)cc1OC. The molecule has 1 heterocycles. The second kappa shape index (κ2) is 12.5. The Balaban J connectivity index is 1.61. The number of hydrogen-bond donors (Lipinski definition) is 0. The van der Waals surface area contributed by atoms with E-state index < -0.39 is 0 Å². The second-order valence-corrected chi connectivity index (χ2v) is 9.15. The van der Waals surface area contributed by atoms with E-state index in [0.29, 0.717) is 35.6 Å². The van der Waals surface area contributed by atoms with Crippen molar-refractivity contribution in [2.75, 3.05) is 41.6 Å². The number of ether oxygens (including phenoxy) is 5. The lowest BCUT2D eigenvalue weighted by Crippen LogP contribution is -2.30. The van der Waals surface area contributed by atoms with E-state index in [1.807, 2.05) is 42.5 Å².